The minimum Gasteiger partial charge on any atom is -0.303 e. The summed E-state index contributed by atoms with van der Waals surface area (Å²) in [6.45, 7) is 9.69. The van der Waals surface area contributed by atoms with E-state index < -0.39 is 0 Å². The van der Waals surface area contributed by atoms with Crippen LogP contribution in [0.2, 0.25) is 0 Å². The van der Waals surface area contributed by atoms with Gasteiger partial charge in [-0.3, -0.25) is 4.79 Å². The third kappa shape index (κ3) is 4.23. The van der Waals surface area contributed by atoms with E-state index in [1.165, 1.54) is 32.4 Å². The van der Waals surface area contributed by atoms with Gasteiger partial charge < -0.3 is 4.90 Å². The van der Waals surface area contributed by atoms with Crippen molar-refractivity contribution in [2.45, 2.75) is 46.5 Å². The van der Waals surface area contributed by atoms with Crippen LogP contribution in [0.25, 0.3) is 0 Å². The summed E-state index contributed by atoms with van der Waals surface area (Å²) in [5.41, 5.74) is 0.505. The SMILES string of the molecule is CC(=O)CCN1CCCC(C)(C)CC1. The molecule has 0 aliphatic carbocycles. The molecule has 1 aliphatic rings. The molecule has 82 valence electrons. The van der Waals surface area contributed by atoms with Gasteiger partial charge in [0.2, 0.25) is 0 Å². The summed E-state index contributed by atoms with van der Waals surface area (Å²) in [7, 11) is 0. The van der Waals surface area contributed by atoms with E-state index in [2.05, 4.69) is 18.7 Å². The number of nitrogens with zero attached hydrogens (tertiary/aromatic N) is 1. The van der Waals surface area contributed by atoms with Gasteiger partial charge in [0.15, 0.2) is 0 Å². The molecule has 1 rings (SSSR count). The summed E-state index contributed by atoms with van der Waals surface area (Å²) >= 11 is 0. The number of ketones is 1. The van der Waals surface area contributed by atoms with Crippen LogP contribution >= 0.6 is 0 Å². The van der Waals surface area contributed by atoms with Crippen LogP contribution in [0.5, 0.6) is 0 Å². The molecule has 1 saturated heterocycles. The van der Waals surface area contributed by atoms with Gasteiger partial charge in [0.25, 0.3) is 0 Å². The number of rotatable bonds is 3. The molecular weight excluding hydrogens is 174 g/mol. The lowest BCUT2D eigenvalue weighted by Gasteiger charge is -2.22. The number of carbonyl (C=O) groups is 1. The van der Waals surface area contributed by atoms with Crippen LogP contribution in [0.4, 0.5) is 0 Å². The van der Waals surface area contributed by atoms with E-state index in [9.17, 15) is 4.79 Å². The Morgan fingerprint density at radius 3 is 2.64 bits per heavy atom. The van der Waals surface area contributed by atoms with Crippen molar-refractivity contribution in [2.75, 3.05) is 19.6 Å². The fourth-order valence-electron chi connectivity index (χ4n) is 2.02. The highest BCUT2D eigenvalue weighted by Crippen LogP contribution is 2.29. The minimum absolute atomic E-state index is 0.313. The Hall–Kier alpha value is -0.370. The Balaban J connectivity index is 2.31. The molecule has 0 atom stereocenters. The molecule has 14 heavy (non-hydrogen) atoms. The molecule has 1 aliphatic heterocycles. The largest absolute Gasteiger partial charge is 0.303 e. The first-order chi connectivity index (χ1) is 6.49. The molecule has 0 radical (unpaired) electrons. The van der Waals surface area contributed by atoms with E-state index >= 15 is 0 Å². The van der Waals surface area contributed by atoms with Crippen LogP contribution in [-0.4, -0.2) is 30.3 Å². The van der Waals surface area contributed by atoms with E-state index in [-0.39, 0.29) is 0 Å². The fourth-order valence-corrected chi connectivity index (χ4v) is 2.02. The zero-order valence-electron chi connectivity index (χ0n) is 9.81. The Kier molecular flexibility index (Phi) is 4.11. The smallest absolute Gasteiger partial charge is 0.131 e. The maximum atomic E-state index is 10.9. The lowest BCUT2D eigenvalue weighted by Crippen LogP contribution is -2.27. The molecule has 0 aromatic rings. The van der Waals surface area contributed by atoms with Crippen LogP contribution in [0.3, 0.4) is 0 Å². The second kappa shape index (κ2) is 4.92. The van der Waals surface area contributed by atoms with Crippen molar-refractivity contribution < 1.29 is 4.79 Å². The van der Waals surface area contributed by atoms with Crippen molar-refractivity contribution >= 4 is 5.78 Å². The molecule has 0 amide bonds. The standard InChI is InChI=1S/C12H23NO/c1-11(14)5-9-13-8-4-6-12(2,3)7-10-13/h4-10H2,1-3H3. The molecule has 0 N–H and O–H groups in total. The first-order valence-corrected chi connectivity index (χ1v) is 5.71. The summed E-state index contributed by atoms with van der Waals surface area (Å²) in [4.78, 5) is 13.3. The molecular formula is C12H23NO. The van der Waals surface area contributed by atoms with Crippen molar-refractivity contribution in [1.82, 2.24) is 4.90 Å². The summed E-state index contributed by atoms with van der Waals surface area (Å²) in [6.07, 6.45) is 4.60. The topological polar surface area (TPSA) is 20.3 Å². The predicted octanol–water partition coefficient (Wildman–Crippen LogP) is 2.48. The van der Waals surface area contributed by atoms with Crippen LogP contribution < -0.4 is 0 Å². The van der Waals surface area contributed by atoms with Crippen molar-refractivity contribution in [1.29, 1.82) is 0 Å². The second-order valence-corrected chi connectivity index (χ2v) is 5.31. The second-order valence-electron chi connectivity index (χ2n) is 5.31. The Morgan fingerprint density at radius 2 is 2.00 bits per heavy atom. The van der Waals surface area contributed by atoms with Gasteiger partial charge in [0.05, 0.1) is 0 Å². The van der Waals surface area contributed by atoms with Gasteiger partial charge in [-0.2, -0.15) is 0 Å². The molecule has 0 bridgehead atoms. The molecule has 0 unspecified atom stereocenters. The van der Waals surface area contributed by atoms with Crippen molar-refractivity contribution in [3.05, 3.63) is 0 Å². The molecule has 1 fully saturated rings. The van der Waals surface area contributed by atoms with Gasteiger partial charge in [0, 0.05) is 13.0 Å². The Labute approximate surface area is 87.7 Å². The van der Waals surface area contributed by atoms with E-state index in [0.29, 0.717) is 11.2 Å². The zero-order chi connectivity index (χ0) is 10.6. The van der Waals surface area contributed by atoms with Gasteiger partial charge in [-0.25, -0.2) is 0 Å². The molecule has 2 nitrogen and oxygen atoms in total. The molecule has 0 aromatic heterocycles. The third-order valence-electron chi connectivity index (χ3n) is 3.21. The minimum atomic E-state index is 0.313. The third-order valence-corrected chi connectivity index (χ3v) is 3.21. The quantitative estimate of drug-likeness (QED) is 0.692. The zero-order valence-corrected chi connectivity index (χ0v) is 9.81. The van der Waals surface area contributed by atoms with Crippen molar-refractivity contribution in [3.8, 4) is 0 Å². The van der Waals surface area contributed by atoms with E-state index in [0.717, 1.165) is 13.0 Å². The van der Waals surface area contributed by atoms with E-state index in [1.54, 1.807) is 6.92 Å². The summed E-state index contributed by atoms with van der Waals surface area (Å²) in [5, 5.41) is 0. The molecule has 0 aromatic carbocycles. The van der Waals surface area contributed by atoms with Crippen molar-refractivity contribution in [2.24, 2.45) is 5.41 Å². The molecule has 0 saturated carbocycles. The Bertz CT molecular complexity index is 198. The number of likely N-dealkylation sites (tertiary alicyclic amines) is 1. The first-order valence-electron chi connectivity index (χ1n) is 5.71. The normalized spacial score (nSPS) is 23.1. The monoisotopic (exact) mass is 197 g/mol. The predicted molar refractivity (Wildman–Crippen MR) is 59.4 cm³/mol. The van der Waals surface area contributed by atoms with Gasteiger partial charge in [-0.15, -0.1) is 0 Å². The van der Waals surface area contributed by atoms with Gasteiger partial charge in [0.1, 0.15) is 5.78 Å². The number of hydrogen-bond donors (Lipinski definition) is 0. The average Bonchev–Trinajstić information content (AvgIpc) is 2.23. The maximum absolute atomic E-state index is 10.9. The van der Waals surface area contributed by atoms with Gasteiger partial charge in [-0.1, -0.05) is 13.8 Å². The highest BCUT2D eigenvalue weighted by Gasteiger charge is 2.22. The fraction of sp³-hybridized carbons (Fsp3) is 0.917. The first kappa shape index (κ1) is 11.7. The van der Waals surface area contributed by atoms with Crippen LogP contribution in [0.15, 0.2) is 0 Å². The maximum Gasteiger partial charge on any atom is 0.131 e. The van der Waals surface area contributed by atoms with E-state index in [1.807, 2.05) is 0 Å². The van der Waals surface area contributed by atoms with Crippen LogP contribution in [-0.2, 0) is 4.79 Å². The molecule has 0 spiro atoms. The van der Waals surface area contributed by atoms with Gasteiger partial charge >= 0.3 is 0 Å². The Morgan fingerprint density at radius 1 is 1.29 bits per heavy atom. The van der Waals surface area contributed by atoms with Gasteiger partial charge in [-0.05, 0) is 44.7 Å². The van der Waals surface area contributed by atoms with Crippen LogP contribution in [0.1, 0.15) is 46.5 Å². The van der Waals surface area contributed by atoms with Crippen molar-refractivity contribution in [3.63, 3.8) is 0 Å². The lowest BCUT2D eigenvalue weighted by atomic mass is 9.85. The summed E-state index contributed by atoms with van der Waals surface area (Å²) in [6, 6.07) is 0. The lowest BCUT2D eigenvalue weighted by molar-refractivity contribution is -0.117. The van der Waals surface area contributed by atoms with E-state index in [4.69, 9.17) is 0 Å². The van der Waals surface area contributed by atoms with Crippen LogP contribution in [0, 0.1) is 5.41 Å². The average molecular weight is 197 g/mol. The molecule has 2 heteroatoms. The number of carbonyl (C=O) groups excluding carboxylic acids is 1. The number of Topliss-reactive ketones (excluding diaryl/α,β-unsaturated/α-hetero) is 1. The summed E-state index contributed by atoms with van der Waals surface area (Å²) < 4.78 is 0. The molecule has 1 heterocycles. The highest BCUT2D eigenvalue weighted by atomic mass is 16.1. The number of hydrogen-bond acceptors (Lipinski definition) is 2. The summed E-state index contributed by atoms with van der Waals surface area (Å²) in [5.74, 6) is 0.313. The highest BCUT2D eigenvalue weighted by molar-refractivity contribution is 5.75.